The second-order valence-electron chi connectivity index (χ2n) is 5.63. The molecule has 30 heavy (non-hydrogen) atoms. The highest BCUT2D eigenvalue weighted by Crippen LogP contribution is 2.39. The lowest BCUT2D eigenvalue weighted by Gasteiger charge is -2.09. The number of carbonyl (C=O) groups excluding carboxylic acids is 1. The van der Waals surface area contributed by atoms with Crippen LogP contribution in [0.15, 0.2) is 51.1 Å². The van der Waals surface area contributed by atoms with Crippen molar-refractivity contribution in [1.29, 1.82) is 0 Å². The average molecular weight is 631 g/mol. The third-order valence-corrected chi connectivity index (χ3v) is 8.98. The lowest BCUT2D eigenvalue weighted by atomic mass is 10.1. The first kappa shape index (κ1) is 25.6. The van der Waals surface area contributed by atoms with E-state index in [1.807, 2.05) is 24.3 Å². The number of ether oxygens (including phenoxy) is 1. The van der Waals surface area contributed by atoms with Crippen LogP contribution in [0.2, 0.25) is 10.0 Å². The van der Waals surface area contributed by atoms with Crippen LogP contribution in [0, 0.1) is 0 Å². The van der Waals surface area contributed by atoms with E-state index in [1.54, 1.807) is 20.7 Å². The number of Topliss-reactive ketones (excluding diaryl/α,β-unsaturated/α-hetero) is 1. The molecule has 0 aliphatic rings. The van der Waals surface area contributed by atoms with Crippen LogP contribution < -0.4 is 21.7 Å². The smallest absolute Gasteiger partial charge is 0.341 e. The van der Waals surface area contributed by atoms with Crippen LogP contribution in [0.4, 0.5) is 0 Å². The largest absolute Gasteiger partial charge is 1.00 e. The Morgan fingerprint density at radius 2 is 1.83 bits per heavy atom. The van der Waals surface area contributed by atoms with Gasteiger partial charge in [0.05, 0.1) is 15.7 Å². The van der Waals surface area contributed by atoms with E-state index in [-0.39, 0.29) is 49.9 Å². The van der Waals surface area contributed by atoms with Gasteiger partial charge < -0.3 is 26.8 Å². The fourth-order valence-corrected chi connectivity index (χ4v) is 6.73. The Hall–Kier alpha value is -0.680. The molecule has 0 aliphatic carbocycles. The Bertz CT molecular complexity index is 1060. The maximum atomic E-state index is 12.6. The standard InChI is InChI=1S/C19H11BrCl2O4S3.BrH/c20-11-3-1-10(2-4-11)15-7-17(29-28-15)27-9-13(23)12-5-6-14(19(22)18(12)21)26-8-16(24)25;/h1-7H,8-9H2;1H. The SMILES string of the molecule is O=C(O)COc1ccc(C(=O)CSc2cc(-c3ccc(Br)cc3)s[s+]2)c(Cl)c1Cl.[Br-]. The summed E-state index contributed by atoms with van der Waals surface area (Å²) in [7, 11) is 3.26. The molecular formula is C19H12Br2Cl2O4S3. The molecule has 1 N–H and O–H groups in total. The highest BCUT2D eigenvalue weighted by Gasteiger charge is 2.21. The third kappa shape index (κ3) is 6.66. The summed E-state index contributed by atoms with van der Waals surface area (Å²) in [6.45, 7) is -0.542. The fraction of sp³-hybridized carbons (Fsp3) is 0.105. The Kier molecular flexibility index (Phi) is 10.1. The van der Waals surface area contributed by atoms with Crippen LogP contribution in [0.25, 0.3) is 10.4 Å². The molecule has 0 unspecified atom stereocenters. The van der Waals surface area contributed by atoms with Crippen LogP contribution >= 0.6 is 71.6 Å². The van der Waals surface area contributed by atoms with Crippen LogP contribution in [0.5, 0.6) is 5.75 Å². The molecule has 0 amide bonds. The molecule has 0 radical (unpaired) electrons. The predicted octanol–water partition coefficient (Wildman–Crippen LogP) is 4.27. The van der Waals surface area contributed by atoms with E-state index < -0.39 is 12.6 Å². The molecule has 3 aromatic rings. The second-order valence-corrected chi connectivity index (χ2v) is 10.8. The number of halogens is 4. The number of aliphatic carboxylic acids is 1. The van der Waals surface area contributed by atoms with Crippen molar-refractivity contribution >= 4 is 83.3 Å². The zero-order valence-electron chi connectivity index (χ0n) is 14.9. The summed E-state index contributed by atoms with van der Waals surface area (Å²) >= 11 is 17.2. The zero-order valence-corrected chi connectivity index (χ0v) is 22.0. The van der Waals surface area contributed by atoms with Crippen LogP contribution in [0.1, 0.15) is 10.4 Å². The lowest BCUT2D eigenvalue weighted by Crippen LogP contribution is -3.00. The van der Waals surface area contributed by atoms with Crippen molar-refractivity contribution in [3.8, 4) is 16.2 Å². The van der Waals surface area contributed by atoms with Gasteiger partial charge in [-0.25, -0.2) is 4.79 Å². The minimum atomic E-state index is -1.13. The summed E-state index contributed by atoms with van der Waals surface area (Å²) in [5, 5.41) is 8.77. The molecule has 0 atom stereocenters. The molecule has 0 saturated heterocycles. The Morgan fingerprint density at radius 3 is 2.50 bits per heavy atom. The zero-order chi connectivity index (χ0) is 21.0. The first-order valence-electron chi connectivity index (χ1n) is 8.03. The van der Waals surface area contributed by atoms with Crippen molar-refractivity contribution < 1.29 is 36.4 Å². The molecule has 3 rings (SSSR count). The van der Waals surface area contributed by atoms with Gasteiger partial charge in [-0.2, -0.15) is 0 Å². The summed E-state index contributed by atoms with van der Waals surface area (Å²) < 4.78 is 7.12. The highest BCUT2D eigenvalue weighted by atomic mass is 79.9. The number of thioether (sulfide) groups is 1. The Morgan fingerprint density at radius 1 is 1.13 bits per heavy atom. The number of carbonyl (C=O) groups is 2. The number of ketones is 1. The topological polar surface area (TPSA) is 63.6 Å². The first-order valence-corrected chi connectivity index (χ1v) is 12.7. The van der Waals surface area contributed by atoms with E-state index in [1.165, 1.54) is 23.9 Å². The first-order chi connectivity index (χ1) is 13.8. The molecule has 1 heterocycles. The van der Waals surface area contributed by atoms with Crippen molar-refractivity contribution in [2.75, 3.05) is 12.4 Å². The van der Waals surface area contributed by atoms with E-state index in [4.69, 9.17) is 33.0 Å². The minimum Gasteiger partial charge on any atom is -1.00 e. The molecule has 0 saturated carbocycles. The number of rotatable bonds is 8. The van der Waals surface area contributed by atoms with Crippen LogP contribution in [0.3, 0.4) is 0 Å². The molecular weight excluding hydrogens is 619 g/mol. The number of carboxylic acid groups (broad SMARTS) is 1. The van der Waals surface area contributed by atoms with Crippen LogP contribution in [-0.4, -0.2) is 29.2 Å². The number of benzene rings is 2. The van der Waals surface area contributed by atoms with E-state index in [0.29, 0.717) is 0 Å². The van der Waals surface area contributed by atoms with E-state index in [9.17, 15) is 9.59 Å². The normalized spacial score (nSPS) is 10.4. The predicted molar refractivity (Wildman–Crippen MR) is 124 cm³/mol. The molecule has 0 aliphatic heterocycles. The quantitative estimate of drug-likeness (QED) is 0.174. The monoisotopic (exact) mass is 628 g/mol. The number of hydrogen-bond acceptors (Lipinski definition) is 5. The van der Waals surface area contributed by atoms with Gasteiger partial charge in [0, 0.05) is 16.1 Å². The van der Waals surface area contributed by atoms with Crippen LogP contribution in [-0.2, 0) is 4.79 Å². The van der Waals surface area contributed by atoms with Gasteiger partial charge in [-0.05, 0) is 29.8 Å². The van der Waals surface area contributed by atoms with Crippen molar-refractivity contribution in [1.82, 2.24) is 0 Å². The van der Waals surface area contributed by atoms with Gasteiger partial charge in [-0.1, -0.05) is 63.0 Å². The number of carboxylic acids is 1. The maximum Gasteiger partial charge on any atom is 0.341 e. The molecule has 11 heteroatoms. The Labute approximate surface area is 213 Å². The van der Waals surface area contributed by atoms with Gasteiger partial charge >= 0.3 is 16.3 Å². The molecule has 0 fully saturated rings. The van der Waals surface area contributed by atoms with Crippen molar-refractivity contribution in [3.63, 3.8) is 0 Å². The van der Waals surface area contributed by atoms with Gasteiger partial charge in [-0.3, -0.25) is 4.79 Å². The van der Waals surface area contributed by atoms with E-state index in [0.717, 1.165) is 19.1 Å². The van der Waals surface area contributed by atoms with Crippen molar-refractivity contribution in [3.05, 3.63) is 62.5 Å². The summed E-state index contributed by atoms with van der Waals surface area (Å²) in [4.78, 5) is 24.3. The fourth-order valence-electron chi connectivity index (χ4n) is 2.26. The van der Waals surface area contributed by atoms with E-state index in [2.05, 4.69) is 22.0 Å². The second kappa shape index (κ2) is 11.8. The average Bonchev–Trinajstić information content (AvgIpc) is 3.17. The van der Waals surface area contributed by atoms with Crippen molar-refractivity contribution in [2.45, 2.75) is 4.21 Å². The maximum absolute atomic E-state index is 12.6. The van der Waals surface area contributed by atoms with Gasteiger partial charge in [-0.15, -0.1) is 0 Å². The molecule has 0 spiro atoms. The van der Waals surface area contributed by atoms with Gasteiger partial charge in [0.2, 0.25) is 0 Å². The van der Waals surface area contributed by atoms with Gasteiger partial charge in [0.15, 0.2) is 22.7 Å². The van der Waals surface area contributed by atoms with Crippen molar-refractivity contribution in [2.24, 2.45) is 0 Å². The molecule has 1 aromatic heterocycles. The highest BCUT2D eigenvalue weighted by molar-refractivity contribution is 9.10. The molecule has 2 aromatic carbocycles. The summed E-state index contributed by atoms with van der Waals surface area (Å²) in [5.41, 5.74) is 1.40. The van der Waals surface area contributed by atoms with Gasteiger partial charge in [0.1, 0.15) is 10.8 Å². The Balaban J connectivity index is 0.00000320. The third-order valence-electron chi connectivity index (χ3n) is 3.64. The molecule has 4 nitrogen and oxygen atoms in total. The summed E-state index contributed by atoms with van der Waals surface area (Å²) in [5.74, 6) is -0.968. The summed E-state index contributed by atoms with van der Waals surface area (Å²) in [6, 6.07) is 13.1. The molecule has 0 bridgehead atoms. The summed E-state index contributed by atoms with van der Waals surface area (Å²) in [6.07, 6.45) is 0. The van der Waals surface area contributed by atoms with E-state index >= 15 is 0 Å². The lowest BCUT2D eigenvalue weighted by molar-refractivity contribution is -0.139. The number of hydrogen-bond donors (Lipinski definition) is 1. The molecule has 158 valence electrons. The van der Waals surface area contributed by atoms with Gasteiger partial charge in [0.25, 0.3) is 4.21 Å². The minimum absolute atomic E-state index is 0.